The van der Waals surface area contributed by atoms with Crippen LogP contribution < -0.4 is 5.32 Å². The van der Waals surface area contributed by atoms with Gasteiger partial charge in [-0.15, -0.1) is 0 Å². The molecule has 1 unspecified atom stereocenters. The Morgan fingerprint density at radius 2 is 1.67 bits per heavy atom. The van der Waals surface area contributed by atoms with E-state index in [0.29, 0.717) is 32.1 Å². The summed E-state index contributed by atoms with van der Waals surface area (Å²) in [7, 11) is 0. The topological polar surface area (TPSA) is 76.1 Å². The van der Waals surface area contributed by atoms with Crippen LogP contribution in [-0.2, 0) is 9.59 Å². The van der Waals surface area contributed by atoms with Crippen molar-refractivity contribution in [3.8, 4) is 0 Å². The summed E-state index contributed by atoms with van der Waals surface area (Å²) in [4.78, 5) is 29.8. The van der Waals surface area contributed by atoms with E-state index in [2.05, 4.69) is 10.2 Å². The first-order valence-corrected chi connectivity index (χ1v) is 9.12. The summed E-state index contributed by atoms with van der Waals surface area (Å²) < 4.78 is 0. The maximum atomic E-state index is 12.5. The summed E-state index contributed by atoms with van der Waals surface area (Å²) in [6, 6.07) is -0.177. The molecule has 0 bridgehead atoms. The average molecular weight is 340 g/mol. The van der Waals surface area contributed by atoms with Gasteiger partial charge in [0, 0.05) is 39.6 Å². The number of piperidine rings is 1. The number of aliphatic hydroxyl groups is 1. The largest absolute Gasteiger partial charge is 0.395 e. The zero-order valence-corrected chi connectivity index (χ0v) is 15.0. The number of hydrogen-bond acceptors (Lipinski definition) is 5. The zero-order chi connectivity index (χ0) is 17.5. The van der Waals surface area contributed by atoms with Crippen molar-refractivity contribution in [1.29, 1.82) is 0 Å². The molecule has 2 rings (SSSR count). The van der Waals surface area contributed by atoms with Gasteiger partial charge in [0.15, 0.2) is 0 Å². The Balaban J connectivity index is 1.66. The maximum absolute atomic E-state index is 12.5. The van der Waals surface area contributed by atoms with E-state index >= 15 is 0 Å². The second-order valence-corrected chi connectivity index (χ2v) is 6.97. The van der Waals surface area contributed by atoms with Crippen LogP contribution in [0.25, 0.3) is 0 Å². The number of carbonyl (C=O) groups is 2. The molecule has 2 aliphatic rings. The molecule has 1 atom stereocenters. The molecule has 0 saturated carbocycles. The quantitative estimate of drug-likeness (QED) is 0.673. The van der Waals surface area contributed by atoms with Crippen molar-refractivity contribution >= 4 is 11.8 Å². The summed E-state index contributed by atoms with van der Waals surface area (Å²) >= 11 is 0. The van der Waals surface area contributed by atoms with Crippen molar-refractivity contribution in [2.75, 3.05) is 59.0 Å². The van der Waals surface area contributed by atoms with E-state index in [0.717, 1.165) is 39.0 Å². The van der Waals surface area contributed by atoms with Gasteiger partial charge in [0.1, 0.15) is 0 Å². The van der Waals surface area contributed by atoms with E-state index in [4.69, 9.17) is 5.11 Å². The lowest BCUT2D eigenvalue weighted by Gasteiger charge is -2.36. The normalized spacial score (nSPS) is 21.8. The lowest BCUT2D eigenvalue weighted by atomic mass is 9.96. The van der Waals surface area contributed by atoms with Crippen molar-refractivity contribution < 1.29 is 14.7 Å². The van der Waals surface area contributed by atoms with Gasteiger partial charge in [0.05, 0.1) is 12.6 Å². The number of likely N-dealkylation sites (tertiary alicyclic amines) is 1. The summed E-state index contributed by atoms with van der Waals surface area (Å²) in [6.45, 7) is 9.96. The van der Waals surface area contributed by atoms with Crippen LogP contribution in [0.15, 0.2) is 0 Å². The van der Waals surface area contributed by atoms with Crippen LogP contribution in [0.3, 0.4) is 0 Å². The molecular formula is C17H32N4O3. The SMILES string of the molecule is CC(=O)N1CCN(C(=O)C(C)NCC2CCN(CCO)CC2)CC1. The highest BCUT2D eigenvalue weighted by Gasteiger charge is 2.26. The predicted molar refractivity (Wildman–Crippen MR) is 92.5 cm³/mol. The van der Waals surface area contributed by atoms with Gasteiger partial charge in [-0.05, 0) is 45.3 Å². The van der Waals surface area contributed by atoms with Crippen molar-refractivity contribution in [2.45, 2.75) is 32.7 Å². The van der Waals surface area contributed by atoms with E-state index in [9.17, 15) is 9.59 Å². The second-order valence-electron chi connectivity index (χ2n) is 6.97. The first-order valence-electron chi connectivity index (χ1n) is 9.12. The molecule has 0 aliphatic carbocycles. The molecule has 0 aromatic heterocycles. The fourth-order valence-corrected chi connectivity index (χ4v) is 3.50. The Morgan fingerprint density at radius 1 is 1.08 bits per heavy atom. The van der Waals surface area contributed by atoms with Gasteiger partial charge < -0.3 is 25.1 Å². The average Bonchev–Trinajstić information content (AvgIpc) is 2.60. The van der Waals surface area contributed by atoms with Crippen LogP contribution in [0.4, 0.5) is 0 Å². The minimum Gasteiger partial charge on any atom is -0.395 e. The van der Waals surface area contributed by atoms with Crippen molar-refractivity contribution in [3.63, 3.8) is 0 Å². The first-order chi connectivity index (χ1) is 11.5. The number of carbonyl (C=O) groups excluding carboxylic acids is 2. The number of β-amino-alcohol motifs (C(OH)–C–C–N with tert-alkyl or cyclic N) is 1. The Bertz CT molecular complexity index is 416. The summed E-state index contributed by atoms with van der Waals surface area (Å²) in [5.41, 5.74) is 0. The number of hydrogen-bond donors (Lipinski definition) is 2. The minimum absolute atomic E-state index is 0.0841. The highest BCUT2D eigenvalue weighted by molar-refractivity contribution is 5.82. The van der Waals surface area contributed by atoms with Crippen molar-refractivity contribution in [2.24, 2.45) is 5.92 Å². The van der Waals surface area contributed by atoms with E-state index in [1.54, 1.807) is 11.8 Å². The van der Waals surface area contributed by atoms with Gasteiger partial charge in [0.2, 0.25) is 11.8 Å². The third-order valence-electron chi connectivity index (χ3n) is 5.24. The van der Waals surface area contributed by atoms with Gasteiger partial charge in [-0.25, -0.2) is 0 Å². The molecule has 138 valence electrons. The number of piperazine rings is 1. The summed E-state index contributed by atoms with van der Waals surface area (Å²) in [6.07, 6.45) is 2.23. The molecule has 0 spiro atoms. The molecule has 2 fully saturated rings. The van der Waals surface area contributed by atoms with Crippen molar-refractivity contribution in [3.05, 3.63) is 0 Å². The van der Waals surface area contributed by atoms with Gasteiger partial charge >= 0.3 is 0 Å². The first kappa shape index (κ1) is 19.1. The molecule has 0 radical (unpaired) electrons. The number of nitrogens with zero attached hydrogens (tertiary/aromatic N) is 3. The van der Waals surface area contributed by atoms with Gasteiger partial charge in [-0.1, -0.05) is 0 Å². The fourth-order valence-electron chi connectivity index (χ4n) is 3.50. The molecule has 2 amide bonds. The fraction of sp³-hybridized carbons (Fsp3) is 0.882. The highest BCUT2D eigenvalue weighted by Crippen LogP contribution is 2.16. The molecule has 2 aliphatic heterocycles. The van der Waals surface area contributed by atoms with E-state index in [1.807, 2.05) is 11.8 Å². The third kappa shape index (κ3) is 5.43. The molecule has 2 saturated heterocycles. The number of amides is 2. The Morgan fingerprint density at radius 3 is 2.21 bits per heavy atom. The Hall–Kier alpha value is -1.18. The molecule has 0 aromatic carbocycles. The summed E-state index contributed by atoms with van der Waals surface area (Å²) in [5, 5.41) is 12.4. The third-order valence-corrected chi connectivity index (χ3v) is 5.24. The minimum atomic E-state index is -0.177. The van der Waals surface area contributed by atoms with Gasteiger partial charge in [-0.3, -0.25) is 9.59 Å². The smallest absolute Gasteiger partial charge is 0.239 e. The molecule has 7 nitrogen and oxygen atoms in total. The van der Waals surface area contributed by atoms with Crippen molar-refractivity contribution in [1.82, 2.24) is 20.0 Å². The van der Waals surface area contributed by atoms with Gasteiger partial charge in [0.25, 0.3) is 0 Å². The van der Waals surface area contributed by atoms with E-state index in [-0.39, 0.29) is 24.5 Å². The zero-order valence-electron chi connectivity index (χ0n) is 15.0. The molecule has 2 N–H and O–H groups in total. The number of aliphatic hydroxyl groups excluding tert-OH is 1. The van der Waals surface area contributed by atoms with Crippen LogP contribution >= 0.6 is 0 Å². The number of nitrogens with one attached hydrogen (secondary N) is 1. The van der Waals surface area contributed by atoms with E-state index in [1.165, 1.54) is 0 Å². The second kappa shape index (κ2) is 9.34. The maximum Gasteiger partial charge on any atom is 0.239 e. The molecule has 2 heterocycles. The lowest BCUT2D eigenvalue weighted by molar-refractivity contribution is -0.139. The summed E-state index contributed by atoms with van der Waals surface area (Å²) in [5.74, 6) is 0.821. The van der Waals surface area contributed by atoms with Crippen LogP contribution in [-0.4, -0.2) is 96.6 Å². The predicted octanol–water partition coefficient (Wildman–Crippen LogP) is -0.640. The lowest BCUT2D eigenvalue weighted by Crippen LogP contribution is -2.54. The van der Waals surface area contributed by atoms with Crippen LogP contribution in [0.5, 0.6) is 0 Å². The highest BCUT2D eigenvalue weighted by atomic mass is 16.3. The molecule has 0 aromatic rings. The Labute approximate surface area is 145 Å². The Kier molecular flexibility index (Phi) is 7.45. The molecular weight excluding hydrogens is 308 g/mol. The number of rotatable bonds is 6. The molecule has 24 heavy (non-hydrogen) atoms. The van der Waals surface area contributed by atoms with Gasteiger partial charge in [-0.2, -0.15) is 0 Å². The van der Waals surface area contributed by atoms with Crippen LogP contribution in [0.1, 0.15) is 26.7 Å². The molecule has 7 heteroatoms. The van der Waals surface area contributed by atoms with Crippen LogP contribution in [0, 0.1) is 5.92 Å². The monoisotopic (exact) mass is 340 g/mol. The standard InChI is InChI=1S/C17H32N4O3/c1-14(17(24)21-9-7-20(8-10-21)15(2)23)18-13-16-3-5-19(6-4-16)11-12-22/h14,16,18,22H,3-13H2,1-2H3. The van der Waals surface area contributed by atoms with E-state index < -0.39 is 0 Å². The van der Waals surface area contributed by atoms with Crippen LogP contribution in [0.2, 0.25) is 0 Å².